The van der Waals surface area contributed by atoms with Crippen molar-refractivity contribution in [2.75, 3.05) is 6.61 Å². The Labute approximate surface area is 229 Å². The van der Waals surface area contributed by atoms with E-state index in [2.05, 4.69) is 10.3 Å². The number of carbonyl (C=O) groups is 3. The molecule has 214 valence electrons. The molecule has 10 heteroatoms. The number of carbonyl (C=O) groups excluding carboxylic acids is 3. The third-order valence-corrected chi connectivity index (χ3v) is 8.69. The Bertz CT molecular complexity index is 1120. The number of nitrogens with zero attached hydrogens (tertiary/aromatic N) is 2. The van der Waals surface area contributed by atoms with E-state index in [4.69, 9.17) is 18.8 Å². The number of hydrogen-bond acceptors (Lipinski definition) is 10. The predicted molar refractivity (Wildman–Crippen MR) is 140 cm³/mol. The van der Waals surface area contributed by atoms with Crippen LogP contribution in [0.2, 0.25) is 0 Å². The first-order valence-electron chi connectivity index (χ1n) is 14.0. The normalized spacial score (nSPS) is 30.8. The standard InChI is InChI=1S/C29H40N2O8/c1-6-15(2)28(34)38-26-10-9-23(31-37-14-22-17(4)30-39-18(22)5)21-13-25(33)16(3)19(27(21)26)7-8-20-24(32)11-12-36-29(20)35/h13,15-16,19-20,24,26-27,32H,6-12,14H2,1-5H3. The zero-order valence-electron chi connectivity index (χ0n) is 23.5. The molecule has 0 aromatic carbocycles. The smallest absolute Gasteiger partial charge is 0.311 e. The molecule has 0 radical (unpaired) electrons. The maximum Gasteiger partial charge on any atom is 0.311 e. The van der Waals surface area contributed by atoms with Gasteiger partial charge >= 0.3 is 11.9 Å². The predicted octanol–water partition coefficient (Wildman–Crippen LogP) is 4.00. The van der Waals surface area contributed by atoms with E-state index in [1.54, 1.807) is 6.08 Å². The van der Waals surface area contributed by atoms with Gasteiger partial charge in [-0.15, -0.1) is 0 Å². The van der Waals surface area contributed by atoms with Crippen molar-refractivity contribution in [1.29, 1.82) is 0 Å². The van der Waals surface area contributed by atoms with Crippen LogP contribution in [0.15, 0.2) is 21.3 Å². The second-order valence-corrected chi connectivity index (χ2v) is 11.1. The number of aromatic nitrogens is 1. The minimum atomic E-state index is -0.768. The number of cyclic esters (lactones) is 1. The molecule has 39 heavy (non-hydrogen) atoms. The Morgan fingerprint density at radius 1 is 1.26 bits per heavy atom. The lowest BCUT2D eigenvalue weighted by Crippen LogP contribution is -2.47. The number of fused-ring (bicyclic) bond motifs is 1. The number of aryl methyl sites for hydroxylation is 2. The van der Waals surface area contributed by atoms with Gasteiger partial charge in [0.2, 0.25) is 0 Å². The number of ether oxygens (including phenoxy) is 2. The summed E-state index contributed by atoms with van der Waals surface area (Å²) in [7, 11) is 0. The molecule has 1 aromatic rings. The number of hydrogen-bond donors (Lipinski definition) is 1. The maximum absolute atomic E-state index is 13.2. The first-order valence-corrected chi connectivity index (χ1v) is 14.0. The first-order chi connectivity index (χ1) is 18.6. The molecule has 1 aromatic heterocycles. The summed E-state index contributed by atoms with van der Waals surface area (Å²) in [4.78, 5) is 44.1. The maximum atomic E-state index is 13.2. The van der Waals surface area contributed by atoms with Crippen molar-refractivity contribution in [3.8, 4) is 0 Å². The van der Waals surface area contributed by atoms with Crippen molar-refractivity contribution < 1.29 is 38.3 Å². The Morgan fingerprint density at radius 2 is 2.03 bits per heavy atom. The fourth-order valence-corrected chi connectivity index (χ4v) is 5.89. The molecule has 4 rings (SSSR count). The van der Waals surface area contributed by atoms with Gasteiger partial charge in [0, 0.05) is 18.3 Å². The van der Waals surface area contributed by atoms with Gasteiger partial charge in [0.25, 0.3) is 0 Å². The van der Waals surface area contributed by atoms with Gasteiger partial charge in [-0.2, -0.15) is 0 Å². The molecule has 7 atom stereocenters. The second kappa shape index (κ2) is 12.4. The van der Waals surface area contributed by atoms with Gasteiger partial charge < -0.3 is 23.9 Å². The molecule has 1 saturated heterocycles. The Balaban J connectivity index is 1.60. The summed E-state index contributed by atoms with van der Waals surface area (Å²) in [5, 5.41) is 18.8. The average molecular weight is 545 g/mol. The SMILES string of the molecule is CCC(C)C(=O)OC1CCC(=NOCc2c(C)noc2C)C2=CC(=O)C(C)C(CCC3C(=O)OCCC3O)C21. The first kappa shape index (κ1) is 29.0. The van der Waals surface area contributed by atoms with Gasteiger partial charge in [0.1, 0.15) is 18.5 Å². The molecule has 2 heterocycles. The highest BCUT2D eigenvalue weighted by molar-refractivity contribution is 6.08. The molecule has 10 nitrogen and oxygen atoms in total. The fraction of sp³-hybridized carbons (Fsp3) is 0.690. The van der Waals surface area contributed by atoms with Crippen LogP contribution in [0.1, 0.15) is 76.3 Å². The lowest BCUT2D eigenvalue weighted by atomic mass is 9.63. The molecular weight excluding hydrogens is 504 g/mol. The number of ketones is 1. The van der Waals surface area contributed by atoms with E-state index >= 15 is 0 Å². The average Bonchev–Trinajstić information content (AvgIpc) is 3.23. The number of esters is 2. The largest absolute Gasteiger partial charge is 0.465 e. The quantitative estimate of drug-likeness (QED) is 0.361. The van der Waals surface area contributed by atoms with Crippen LogP contribution in [0.4, 0.5) is 0 Å². The Morgan fingerprint density at radius 3 is 2.69 bits per heavy atom. The molecule has 0 spiro atoms. The van der Waals surface area contributed by atoms with Crippen molar-refractivity contribution in [3.05, 3.63) is 28.7 Å². The van der Waals surface area contributed by atoms with Crippen molar-refractivity contribution in [2.45, 2.75) is 92.0 Å². The van der Waals surface area contributed by atoms with Crippen molar-refractivity contribution in [1.82, 2.24) is 5.16 Å². The molecule has 0 amide bonds. The highest BCUT2D eigenvalue weighted by atomic mass is 16.6. The van der Waals surface area contributed by atoms with Crippen LogP contribution in [0.3, 0.4) is 0 Å². The van der Waals surface area contributed by atoms with Gasteiger partial charge in [-0.25, -0.2) is 0 Å². The third-order valence-electron chi connectivity index (χ3n) is 8.69. The molecule has 1 aliphatic heterocycles. The van der Waals surface area contributed by atoms with E-state index in [1.807, 2.05) is 34.6 Å². The molecule has 1 saturated carbocycles. The van der Waals surface area contributed by atoms with E-state index in [0.717, 1.165) is 16.8 Å². The summed E-state index contributed by atoms with van der Waals surface area (Å²) in [6.07, 6.45) is 3.41. The summed E-state index contributed by atoms with van der Waals surface area (Å²) in [6, 6.07) is 0. The van der Waals surface area contributed by atoms with Gasteiger partial charge in [-0.05, 0) is 63.5 Å². The molecule has 2 aliphatic carbocycles. The van der Waals surface area contributed by atoms with Gasteiger partial charge in [-0.3, -0.25) is 14.4 Å². The van der Waals surface area contributed by atoms with Crippen LogP contribution in [0.5, 0.6) is 0 Å². The zero-order valence-corrected chi connectivity index (χ0v) is 23.5. The monoisotopic (exact) mass is 544 g/mol. The van der Waals surface area contributed by atoms with E-state index in [9.17, 15) is 19.5 Å². The molecule has 7 unspecified atom stereocenters. The summed E-state index contributed by atoms with van der Waals surface area (Å²) in [5.41, 5.74) is 2.94. The molecule has 2 fully saturated rings. The highest BCUT2D eigenvalue weighted by Crippen LogP contribution is 2.45. The fourth-order valence-electron chi connectivity index (χ4n) is 5.89. The number of rotatable bonds is 9. The van der Waals surface area contributed by atoms with Crippen molar-refractivity contribution in [2.24, 2.45) is 34.7 Å². The summed E-state index contributed by atoms with van der Waals surface area (Å²) < 4.78 is 16.4. The molecule has 1 N–H and O–H groups in total. The van der Waals surface area contributed by atoms with Crippen LogP contribution in [-0.4, -0.2) is 52.5 Å². The summed E-state index contributed by atoms with van der Waals surface area (Å²) in [5.74, 6) is -1.74. The Hall–Kier alpha value is -3.01. The molecule has 3 aliphatic rings. The minimum Gasteiger partial charge on any atom is -0.465 e. The lowest BCUT2D eigenvalue weighted by molar-refractivity contribution is -0.161. The van der Waals surface area contributed by atoms with E-state index in [1.165, 1.54) is 0 Å². The second-order valence-electron chi connectivity index (χ2n) is 11.1. The molecule has 0 bridgehead atoms. The summed E-state index contributed by atoms with van der Waals surface area (Å²) in [6.45, 7) is 9.71. The number of oxime groups is 1. The van der Waals surface area contributed by atoms with Crippen LogP contribution in [0, 0.1) is 43.4 Å². The van der Waals surface area contributed by atoms with Crippen LogP contribution in [-0.2, 0) is 35.3 Å². The van der Waals surface area contributed by atoms with Gasteiger partial charge in [-0.1, -0.05) is 31.1 Å². The lowest BCUT2D eigenvalue weighted by Gasteiger charge is -2.44. The number of allylic oxidation sites excluding steroid dienone is 1. The highest BCUT2D eigenvalue weighted by Gasteiger charge is 2.47. The van der Waals surface area contributed by atoms with E-state index in [-0.39, 0.29) is 48.6 Å². The van der Waals surface area contributed by atoms with Crippen LogP contribution >= 0.6 is 0 Å². The van der Waals surface area contributed by atoms with Crippen molar-refractivity contribution >= 4 is 23.4 Å². The molecular formula is C29H40N2O8. The van der Waals surface area contributed by atoms with E-state index in [0.29, 0.717) is 50.0 Å². The van der Waals surface area contributed by atoms with Gasteiger partial charge in [0.15, 0.2) is 5.78 Å². The third kappa shape index (κ3) is 6.26. The Kier molecular flexibility index (Phi) is 9.25. The van der Waals surface area contributed by atoms with Crippen LogP contribution < -0.4 is 0 Å². The number of aliphatic hydroxyl groups is 1. The summed E-state index contributed by atoms with van der Waals surface area (Å²) >= 11 is 0. The topological polar surface area (TPSA) is 138 Å². The number of aliphatic hydroxyl groups excluding tert-OH is 1. The van der Waals surface area contributed by atoms with Crippen molar-refractivity contribution in [3.63, 3.8) is 0 Å². The minimum absolute atomic E-state index is 0.0367. The van der Waals surface area contributed by atoms with Gasteiger partial charge in [0.05, 0.1) is 41.5 Å². The van der Waals surface area contributed by atoms with Crippen LogP contribution in [0.25, 0.3) is 0 Å². The zero-order chi connectivity index (χ0) is 28.3. The van der Waals surface area contributed by atoms with E-state index < -0.39 is 24.1 Å².